The van der Waals surface area contributed by atoms with Gasteiger partial charge in [-0.05, 0) is 49.1 Å². The van der Waals surface area contributed by atoms with Crippen LogP contribution in [0.5, 0.6) is 5.75 Å². The van der Waals surface area contributed by atoms with Gasteiger partial charge in [0.1, 0.15) is 5.75 Å². The summed E-state index contributed by atoms with van der Waals surface area (Å²) in [7, 11) is 1.67. The van der Waals surface area contributed by atoms with E-state index in [4.69, 9.17) is 9.47 Å². The lowest BCUT2D eigenvalue weighted by Gasteiger charge is -2.40. The molecule has 1 amide bonds. The van der Waals surface area contributed by atoms with Crippen molar-refractivity contribution in [2.45, 2.75) is 31.2 Å². The summed E-state index contributed by atoms with van der Waals surface area (Å²) in [5.74, 6) is 1.06. The average Bonchev–Trinajstić information content (AvgIpc) is 3.05. The zero-order valence-electron chi connectivity index (χ0n) is 17.8. The van der Waals surface area contributed by atoms with Gasteiger partial charge in [0.05, 0.1) is 18.2 Å². The summed E-state index contributed by atoms with van der Waals surface area (Å²) in [6.45, 7) is 5.49. The first-order chi connectivity index (χ1) is 14.7. The Hall–Kier alpha value is -2.44. The number of pyridine rings is 1. The highest BCUT2D eigenvalue weighted by atomic mass is 16.5. The lowest BCUT2D eigenvalue weighted by atomic mass is 9.73. The van der Waals surface area contributed by atoms with Gasteiger partial charge in [0.2, 0.25) is 5.91 Å². The van der Waals surface area contributed by atoms with Crippen LogP contribution >= 0.6 is 0 Å². The van der Waals surface area contributed by atoms with Gasteiger partial charge in [0, 0.05) is 52.1 Å². The Labute approximate surface area is 178 Å². The second kappa shape index (κ2) is 9.58. The van der Waals surface area contributed by atoms with E-state index in [-0.39, 0.29) is 5.91 Å². The van der Waals surface area contributed by atoms with Crippen molar-refractivity contribution in [2.24, 2.45) is 0 Å². The summed E-state index contributed by atoms with van der Waals surface area (Å²) >= 11 is 0. The van der Waals surface area contributed by atoms with Gasteiger partial charge in [-0.1, -0.05) is 18.2 Å². The van der Waals surface area contributed by atoms with Crippen LogP contribution in [0.15, 0.2) is 48.7 Å². The normalized spacial score (nSPS) is 19.8. The van der Waals surface area contributed by atoms with E-state index < -0.39 is 5.41 Å². The van der Waals surface area contributed by atoms with Crippen molar-refractivity contribution in [1.29, 1.82) is 0 Å². The van der Waals surface area contributed by atoms with Crippen LogP contribution < -0.4 is 4.74 Å². The Morgan fingerprint density at radius 2 is 1.87 bits per heavy atom. The van der Waals surface area contributed by atoms with Crippen LogP contribution in [0.25, 0.3) is 0 Å². The number of hydrogen-bond donors (Lipinski definition) is 0. The monoisotopic (exact) mass is 409 g/mol. The Balaban J connectivity index is 1.48. The van der Waals surface area contributed by atoms with Crippen molar-refractivity contribution in [3.63, 3.8) is 0 Å². The first-order valence-corrected chi connectivity index (χ1v) is 10.9. The first kappa shape index (κ1) is 20.8. The minimum atomic E-state index is -0.499. The minimum absolute atomic E-state index is 0.246. The van der Waals surface area contributed by atoms with E-state index in [1.807, 2.05) is 42.6 Å². The molecule has 0 saturated carbocycles. The Kier molecular flexibility index (Phi) is 6.65. The fourth-order valence-corrected chi connectivity index (χ4v) is 4.61. The predicted molar refractivity (Wildman–Crippen MR) is 115 cm³/mol. The Bertz CT molecular complexity index is 819. The molecule has 0 bridgehead atoms. The molecule has 2 aromatic rings. The molecule has 4 rings (SSSR count). The number of carbonyl (C=O) groups is 1. The van der Waals surface area contributed by atoms with Crippen molar-refractivity contribution < 1.29 is 14.3 Å². The molecule has 1 aromatic carbocycles. The number of aromatic nitrogens is 1. The van der Waals surface area contributed by atoms with E-state index in [1.54, 1.807) is 7.11 Å². The smallest absolute Gasteiger partial charge is 0.233 e. The summed E-state index contributed by atoms with van der Waals surface area (Å²) in [5.41, 5.74) is 1.66. The molecule has 2 aliphatic heterocycles. The third kappa shape index (κ3) is 4.50. The first-order valence-electron chi connectivity index (χ1n) is 10.9. The number of rotatable bonds is 5. The maximum Gasteiger partial charge on any atom is 0.233 e. The summed E-state index contributed by atoms with van der Waals surface area (Å²) in [6.07, 6.45) is 4.28. The zero-order valence-corrected chi connectivity index (χ0v) is 17.8. The molecule has 30 heavy (non-hydrogen) atoms. The Morgan fingerprint density at radius 3 is 2.57 bits per heavy atom. The molecule has 0 N–H and O–H groups in total. The van der Waals surface area contributed by atoms with Crippen LogP contribution in [-0.4, -0.2) is 67.2 Å². The molecule has 6 heteroatoms. The number of nitrogens with zero attached hydrogens (tertiary/aromatic N) is 3. The van der Waals surface area contributed by atoms with Crippen molar-refractivity contribution in [3.05, 3.63) is 59.9 Å². The van der Waals surface area contributed by atoms with Gasteiger partial charge in [0.15, 0.2) is 0 Å². The molecule has 0 spiro atoms. The third-order valence-corrected chi connectivity index (χ3v) is 6.39. The molecule has 0 aliphatic carbocycles. The number of carbonyl (C=O) groups excluding carboxylic acids is 1. The van der Waals surface area contributed by atoms with Crippen LogP contribution in [0.1, 0.15) is 30.5 Å². The van der Waals surface area contributed by atoms with Crippen LogP contribution in [0.2, 0.25) is 0 Å². The molecule has 3 heterocycles. The number of methoxy groups -OCH3 is 1. The van der Waals surface area contributed by atoms with Gasteiger partial charge in [0.25, 0.3) is 0 Å². The topological polar surface area (TPSA) is 54.9 Å². The maximum atomic E-state index is 13.9. The predicted octanol–water partition coefficient (Wildman–Crippen LogP) is 2.87. The molecule has 0 unspecified atom stereocenters. The van der Waals surface area contributed by atoms with E-state index >= 15 is 0 Å². The van der Waals surface area contributed by atoms with Gasteiger partial charge in [-0.3, -0.25) is 14.7 Å². The SMILES string of the molecule is COc1ccc(C2(C(=O)N3CCCN(Cc4ccccn4)CC3)CCOCC2)cc1. The van der Waals surface area contributed by atoms with E-state index in [9.17, 15) is 4.79 Å². The molecule has 160 valence electrons. The molecule has 2 fully saturated rings. The fourth-order valence-electron chi connectivity index (χ4n) is 4.61. The number of benzene rings is 1. The van der Waals surface area contributed by atoms with Crippen LogP contribution in [0.3, 0.4) is 0 Å². The number of ether oxygens (including phenoxy) is 2. The molecule has 0 atom stereocenters. The van der Waals surface area contributed by atoms with Gasteiger partial charge in [-0.15, -0.1) is 0 Å². The fraction of sp³-hybridized carbons (Fsp3) is 0.500. The maximum absolute atomic E-state index is 13.9. The van der Waals surface area contributed by atoms with Crippen molar-refractivity contribution >= 4 is 5.91 Å². The Morgan fingerprint density at radius 1 is 1.07 bits per heavy atom. The molecule has 0 radical (unpaired) electrons. The van der Waals surface area contributed by atoms with Crippen molar-refractivity contribution in [1.82, 2.24) is 14.8 Å². The third-order valence-electron chi connectivity index (χ3n) is 6.39. The highest BCUT2D eigenvalue weighted by Gasteiger charge is 2.44. The van der Waals surface area contributed by atoms with Gasteiger partial charge in [-0.25, -0.2) is 0 Å². The van der Waals surface area contributed by atoms with Crippen LogP contribution in [0, 0.1) is 0 Å². The van der Waals surface area contributed by atoms with E-state index in [2.05, 4.69) is 20.9 Å². The summed E-state index contributed by atoms with van der Waals surface area (Å²) < 4.78 is 10.9. The average molecular weight is 410 g/mol. The summed E-state index contributed by atoms with van der Waals surface area (Å²) in [5, 5.41) is 0. The van der Waals surface area contributed by atoms with Gasteiger partial charge < -0.3 is 14.4 Å². The van der Waals surface area contributed by atoms with E-state index in [0.717, 1.165) is 69.0 Å². The molecule has 2 aliphatic rings. The lowest BCUT2D eigenvalue weighted by Crippen LogP contribution is -2.50. The van der Waals surface area contributed by atoms with Crippen molar-refractivity contribution in [3.8, 4) is 5.75 Å². The molecular formula is C24H31N3O3. The van der Waals surface area contributed by atoms with Crippen LogP contribution in [0.4, 0.5) is 0 Å². The van der Waals surface area contributed by atoms with Gasteiger partial charge >= 0.3 is 0 Å². The number of hydrogen-bond acceptors (Lipinski definition) is 5. The minimum Gasteiger partial charge on any atom is -0.497 e. The molecule has 2 saturated heterocycles. The highest BCUT2D eigenvalue weighted by molar-refractivity contribution is 5.88. The molecule has 6 nitrogen and oxygen atoms in total. The van der Waals surface area contributed by atoms with Crippen molar-refractivity contribution in [2.75, 3.05) is 46.5 Å². The van der Waals surface area contributed by atoms with Gasteiger partial charge in [-0.2, -0.15) is 0 Å². The molecular weight excluding hydrogens is 378 g/mol. The summed E-state index contributed by atoms with van der Waals surface area (Å²) in [4.78, 5) is 22.8. The van der Waals surface area contributed by atoms with E-state index in [1.165, 1.54) is 0 Å². The second-order valence-corrected chi connectivity index (χ2v) is 8.17. The molecule has 1 aromatic heterocycles. The zero-order chi connectivity index (χ0) is 20.8. The largest absolute Gasteiger partial charge is 0.497 e. The highest BCUT2D eigenvalue weighted by Crippen LogP contribution is 2.37. The van der Waals surface area contributed by atoms with Crippen LogP contribution in [-0.2, 0) is 21.5 Å². The van der Waals surface area contributed by atoms with E-state index in [0.29, 0.717) is 13.2 Å². The lowest BCUT2D eigenvalue weighted by molar-refractivity contribution is -0.141. The quantitative estimate of drug-likeness (QED) is 0.760. The number of amides is 1. The summed E-state index contributed by atoms with van der Waals surface area (Å²) in [6, 6.07) is 14.0. The second-order valence-electron chi connectivity index (χ2n) is 8.17. The standard InChI is InChI=1S/C24H31N3O3/c1-29-22-8-6-20(7-9-22)24(10-17-30-18-11-24)23(28)27-14-4-13-26(15-16-27)19-21-5-2-3-12-25-21/h2-3,5-9,12H,4,10-11,13-19H2,1H3.